The number of hydrogen-bond acceptors (Lipinski definition) is 3. The van der Waals surface area contributed by atoms with Gasteiger partial charge in [0, 0.05) is 17.6 Å². The minimum absolute atomic E-state index is 0.582. The van der Waals surface area contributed by atoms with Crippen molar-refractivity contribution in [2.75, 3.05) is 18.5 Å². The molecular weight excluding hydrogens is 356 g/mol. The largest absolute Gasteiger partial charge is 0.490 e. The van der Waals surface area contributed by atoms with Crippen molar-refractivity contribution in [2.24, 2.45) is 0 Å². The number of nitrogens with one attached hydrogen (secondary N) is 2. The molecule has 0 aromatic heterocycles. The Hall–Kier alpha value is -2.79. The van der Waals surface area contributed by atoms with Crippen molar-refractivity contribution >= 4 is 33.8 Å². The van der Waals surface area contributed by atoms with Gasteiger partial charge in [0.2, 0.25) is 0 Å². The molecule has 0 saturated carbocycles. The lowest BCUT2D eigenvalue weighted by molar-refractivity contribution is 0.287. The summed E-state index contributed by atoms with van der Waals surface area (Å²) in [7, 11) is 0. The quantitative estimate of drug-likeness (QED) is 0.557. The summed E-state index contributed by atoms with van der Waals surface area (Å²) in [6.07, 6.45) is 0. The van der Waals surface area contributed by atoms with Crippen LogP contribution in [-0.4, -0.2) is 18.3 Å². The summed E-state index contributed by atoms with van der Waals surface area (Å²) < 4.78 is 11.3. The smallest absolute Gasteiger partial charge is 0.171 e. The zero-order valence-corrected chi connectivity index (χ0v) is 16.4. The van der Waals surface area contributed by atoms with Crippen LogP contribution in [0, 0.1) is 0 Å². The fourth-order valence-electron chi connectivity index (χ4n) is 2.89. The molecule has 0 radical (unpaired) electrons. The molecule has 0 saturated heterocycles. The standard InChI is InChI=1S/C22H24N2O2S/c1-3-25-20-13-12-16(14-21(20)26-4-2)15-23-22(27)24-19-11-7-9-17-8-5-6-10-18(17)19/h5-14H,3-4,15H2,1-2H3,(H2,23,24,27). The number of benzene rings is 3. The summed E-state index contributed by atoms with van der Waals surface area (Å²) in [5, 5.41) is 9.45. The number of fused-ring (bicyclic) bond motifs is 1. The maximum Gasteiger partial charge on any atom is 0.171 e. The molecule has 0 spiro atoms. The van der Waals surface area contributed by atoms with Crippen molar-refractivity contribution in [1.29, 1.82) is 0 Å². The third-order valence-corrected chi connectivity index (χ3v) is 4.35. The Kier molecular flexibility index (Phi) is 6.49. The Balaban J connectivity index is 1.66. The molecule has 0 amide bonds. The zero-order chi connectivity index (χ0) is 19.1. The second-order valence-corrected chi connectivity index (χ2v) is 6.39. The number of hydrogen-bond donors (Lipinski definition) is 2. The molecule has 3 aromatic carbocycles. The highest BCUT2D eigenvalue weighted by atomic mass is 32.1. The molecule has 0 bridgehead atoms. The summed E-state index contributed by atoms with van der Waals surface area (Å²) in [6.45, 7) is 5.73. The Morgan fingerprint density at radius 2 is 1.63 bits per heavy atom. The van der Waals surface area contributed by atoms with E-state index >= 15 is 0 Å². The normalized spacial score (nSPS) is 10.4. The Morgan fingerprint density at radius 1 is 0.889 bits per heavy atom. The van der Waals surface area contributed by atoms with Gasteiger partial charge < -0.3 is 20.1 Å². The highest BCUT2D eigenvalue weighted by Gasteiger charge is 2.07. The molecule has 0 unspecified atom stereocenters. The van der Waals surface area contributed by atoms with Crippen molar-refractivity contribution in [3.8, 4) is 11.5 Å². The van der Waals surface area contributed by atoms with Crippen molar-refractivity contribution in [2.45, 2.75) is 20.4 Å². The van der Waals surface area contributed by atoms with Gasteiger partial charge >= 0.3 is 0 Å². The molecule has 0 atom stereocenters. The maximum atomic E-state index is 5.68. The molecule has 0 heterocycles. The van der Waals surface area contributed by atoms with E-state index in [1.807, 2.05) is 56.3 Å². The minimum Gasteiger partial charge on any atom is -0.490 e. The van der Waals surface area contributed by atoms with Crippen molar-refractivity contribution in [3.63, 3.8) is 0 Å². The summed E-state index contributed by atoms with van der Waals surface area (Å²) in [6, 6.07) is 20.3. The monoisotopic (exact) mass is 380 g/mol. The van der Waals surface area contributed by atoms with E-state index in [0.29, 0.717) is 24.9 Å². The topological polar surface area (TPSA) is 42.5 Å². The number of thiocarbonyl (C=S) groups is 1. The second-order valence-electron chi connectivity index (χ2n) is 5.98. The average Bonchev–Trinajstić information content (AvgIpc) is 2.69. The van der Waals surface area contributed by atoms with Crippen LogP contribution in [0.2, 0.25) is 0 Å². The average molecular weight is 381 g/mol. The van der Waals surface area contributed by atoms with Gasteiger partial charge in [0.1, 0.15) is 0 Å². The van der Waals surface area contributed by atoms with Gasteiger partial charge in [0.05, 0.1) is 13.2 Å². The second kappa shape index (κ2) is 9.24. The van der Waals surface area contributed by atoms with Crippen LogP contribution in [0.1, 0.15) is 19.4 Å². The zero-order valence-electron chi connectivity index (χ0n) is 15.6. The molecule has 0 aliphatic carbocycles. The SMILES string of the molecule is CCOc1ccc(CNC(=S)Nc2cccc3ccccc23)cc1OCC. The summed E-state index contributed by atoms with van der Waals surface area (Å²) in [5.74, 6) is 1.52. The molecule has 27 heavy (non-hydrogen) atoms. The van der Waals surface area contributed by atoms with Crippen LogP contribution < -0.4 is 20.1 Å². The lowest BCUT2D eigenvalue weighted by Gasteiger charge is -2.15. The number of anilines is 1. The van der Waals surface area contributed by atoms with Crippen LogP contribution in [0.25, 0.3) is 10.8 Å². The molecule has 3 aromatic rings. The van der Waals surface area contributed by atoms with Gasteiger partial charge in [-0.15, -0.1) is 0 Å². The third kappa shape index (κ3) is 4.89. The highest BCUT2D eigenvalue weighted by Crippen LogP contribution is 2.28. The molecule has 4 nitrogen and oxygen atoms in total. The first-order valence-corrected chi connectivity index (χ1v) is 9.53. The van der Waals surface area contributed by atoms with Gasteiger partial charge in [0.25, 0.3) is 0 Å². The molecular formula is C22H24N2O2S. The first-order chi connectivity index (χ1) is 13.2. The van der Waals surface area contributed by atoms with E-state index in [1.54, 1.807) is 0 Å². The predicted molar refractivity (Wildman–Crippen MR) is 116 cm³/mol. The molecule has 0 fully saturated rings. The molecule has 5 heteroatoms. The van der Waals surface area contributed by atoms with Crippen LogP contribution in [0.15, 0.2) is 60.7 Å². The Labute approximate surface area is 165 Å². The van der Waals surface area contributed by atoms with Crippen LogP contribution in [0.3, 0.4) is 0 Å². The minimum atomic E-state index is 0.582. The lowest BCUT2D eigenvalue weighted by Crippen LogP contribution is -2.28. The van der Waals surface area contributed by atoms with Crippen LogP contribution in [0.4, 0.5) is 5.69 Å². The number of rotatable bonds is 7. The van der Waals surface area contributed by atoms with E-state index in [4.69, 9.17) is 21.7 Å². The Morgan fingerprint density at radius 3 is 2.44 bits per heavy atom. The van der Waals surface area contributed by atoms with E-state index in [1.165, 1.54) is 5.39 Å². The van der Waals surface area contributed by atoms with E-state index in [-0.39, 0.29) is 0 Å². The van der Waals surface area contributed by atoms with Gasteiger partial charge in [-0.3, -0.25) is 0 Å². The fraction of sp³-hybridized carbons (Fsp3) is 0.227. The van der Waals surface area contributed by atoms with E-state index in [9.17, 15) is 0 Å². The van der Waals surface area contributed by atoms with Crippen LogP contribution in [0.5, 0.6) is 11.5 Å². The maximum absolute atomic E-state index is 5.68. The van der Waals surface area contributed by atoms with Gasteiger partial charge in [-0.2, -0.15) is 0 Å². The first kappa shape index (κ1) is 19.0. The van der Waals surface area contributed by atoms with E-state index in [0.717, 1.165) is 28.1 Å². The number of ether oxygens (including phenoxy) is 2. The van der Waals surface area contributed by atoms with Crippen molar-refractivity contribution < 1.29 is 9.47 Å². The fourth-order valence-corrected chi connectivity index (χ4v) is 3.07. The van der Waals surface area contributed by atoms with Gasteiger partial charge in [-0.25, -0.2) is 0 Å². The highest BCUT2D eigenvalue weighted by molar-refractivity contribution is 7.80. The van der Waals surface area contributed by atoms with Gasteiger partial charge in [-0.1, -0.05) is 42.5 Å². The molecule has 140 valence electrons. The predicted octanol–water partition coefficient (Wildman–Crippen LogP) is 5.12. The van der Waals surface area contributed by atoms with Crippen LogP contribution >= 0.6 is 12.2 Å². The van der Waals surface area contributed by atoms with E-state index in [2.05, 4.69) is 28.8 Å². The van der Waals surface area contributed by atoms with Crippen molar-refractivity contribution in [3.05, 3.63) is 66.2 Å². The van der Waals surface area contributed by atoms with Crippen LogP contribution in [-0.2, 0) is 6.54 Å². The van der Waals surface area contributed by atoms with Crippen molar-refractivity contribution in [1.82, 2.24) is 5.32 Å². The third-order valence-electron chi connectivity index (χ3n) is 4.10. The first-order valence-electron chi connectivity index (χ1n) is 9.12. The summed E-state index contributed by atoms with van der Waals surface area (Å²) >= 11 is 5.47. The summed E-state index contributed by atoms with van der Waals surface area (Å²) in [4.78, 5) is 0. The lowest BCUT2D eigenvalue weighted by atomic mass is 10.1. The summed E-state index contributed by atoms with van der Waals surface area (Å²) in [5.41, 5.74) is 2.07. The van der Waals surface area contributed by atoms with Gasteiger partial charge in [0.15, 0.2) is 16.6 Å². The molecule has 3 rings (SSSR count). The molecule has 2 N–H and O–H groups in total. The van der Waals surface area contributed by atoms with Gasteiger partial charge in [-0.05, 0) is 55.2 Å². The molecule has 0 aliphatic rings. The molecule has 0 aliphatic heterocycles. The Bertz CT molecular complexity index is 922. The van der Waals surface area contributed by atoms with E-state index < -0.39 is 0 Å².